The van der Waals surface area contributed by atoms with Gasteiger partial charge in [0.1, 0.15) is 10.6 Å². The summed E-state index contributed by atoms with van der Waals surface area (Å²) in [6.45, 7) is -0.604. The number of hydrogen-bond donors (Lipinski definition) is 1. The van der Waals surface area contributed by atoms with Crippen molar-refractivity contribution in [2.24, 2.45) is 5.41 Å². The third kappa shape index (κ3) is 2.11. The zero-order valence-electron chi connectivity index (χ0n) is 9.72. The van der Waals surface area contributed by atoms with E-state index in [9.17, 15) is 23.1 Å². The van der Waals surface area contributed by atoms with Gasteiger partial charge < -0.3 is 9.90 Å². The maximum atomic E-state index is 12.6. The highest BCUT2D eigenvalue weighted by Gasteiger charge is 2.76. The first kappa shape index (κ1) is 15.9. The zero-order chi connectivity index (χ0) is 15.3. The minimum absolute atomic E-state index is 0.272. The molecule has 2 nitrogen and oxygen atoms in total. The first-order valence-corrected chi connectivity index (χ1v) is 6.57. The molecule has 1 aliphatic carbocycles. The fourth-order valence-corrected chi connectivity index (χ4v) is 3.56. The van der Waals surface area contributed by atoms with Crippen LogP contribution in [0.2, 0.25) is 5.02 Å². The number of rotatable bonds is 3. The minimum atomic E-state index is -4.57. The van der Waals surface area contributed by atoms with E-state index in [-0.39, 0.29) is 5.56 Å². The van der Waals surface area contributed by atoms with Crippen LogP contribution in [0.1, 0.15) is 17.0 Å². The van der Waals surface area contributed by atoms with E-state index >= 15 is 0 Å². The summed E-state index contributed by atoms with van der Waals surface area (Å²) < 4.78 is 36.2. The lowest BCUT2D eigenvalue weighted by Crippen LogP contribution is -2.16. The van der Waals surface area contributed by atoms with Crippen molar-refractivity contribution in [3.63, 3.8) is 0 Å². The normalized spacial score (nSPS) is 28.2. The molecule has 0 aromatic heterocycles. The average molecular weight is 348 g/mol. The van der Waals surface area contributed by atoms with E-state index in [0.29, 0.717) is 6.29 Å². The van der Waals surface area contributed by atoms with Gasteiger partial charge in [0.2, 0.25) is 0 Å². The smallest absolute Gasteiger partial charge is 0.395 e. The van der Waals surface area contributed by atoms with Crippen molar-refractivity contribution in [2.75, 3.05) is 6.61 Å². The first-order chi connectivity index (χ1) is 9.11. The summed E-state index contributed by atoms with van der Waals surface area (Å²) in [6, 6.07) is 3.02. The number of aliphatic hydroxyl groups excluding tert-OH is 1. The maximum Gasteiger partial charge on any atom is 0.417 e. The van der Waals surface area contributed by atoms with E-state index in [2.05, 4.69) is 0 Å². The Kier molecular flexibility index (Phi) is 3.79. The van der Waals surface area contributed by atoms with E-state index in [4.69, 9.17) is 34.8 Å². The van der Waals surface area contributed by atoms with Gasteiger partial charge >= 0.3 is 6.18 Å². The molecule has 0 amide bonds. The van der Waals surface area contributed by atoms with E-state index in [0.717, 1.165) is 18.2 Å². The Morgan fingerprint density at radius 1 is 1.35 bits per heavy atom. The molecular formula is C12H8Cl3F3O2. The van der Waals surface area contributed by atoms with Crippen LogP contribution in [0.5, 0.6) is 0 Å². The van der Waals surface area contributed by atoms with Crippen LogP contribution >= 0.6 is 34.8 Å². The summed E-state index contributed by atoms with van der Waals surface area (Å²) in [5, 5.41) is 8.75. The molecule has 1 aromatic carbocycles. The van der Waals surface area contributed by atoms with Gasteiger partial charge in [0.25, 0.3) is 0 Å². The molecule has 1 N–H and O–H groups in total. The first-order valence-electron chi connectivity index (χ1n) is 5.43. The quantitative estimate of drug-likeness (QED) is 0.667. The monoisotopic (exact) mass is 346 g/mol. The number of alkyl halides is 5. The predicted molar refractivity (Wildman–Crippen MR) is 69.2 cm³/mol. The lowest BCUT2D eigenvalue weighted by molar-refractivity contribution is -0.137. The SMILES string of the molecule is O=CC1(CO)C(c2ccc(C(F)(F)F)c(Cl)c2)C1(Cl)Cl. The molecule has 0 saturated heterocycles. The summed E-state index contributed by atoms with van der Waals surface area (Å²) in [5.41, 5.74) is -2.13. The molecule has 20 heavy (non-hydrogen) atoms. The molecular weight excluding hydrogens is 339 g/mol. The molecule has 0 bridgehead atoms. The molecule has 1 saturated carbocycles. The maximum absolute atomic E-state index is 12.6. The summed E-state index contributed by atoms with van der Waals surface area (Å²) in [7, 11) is 0. The van der Waals surface area contributed by atoms with Crippen LogP contribution in [0.25, 0.3) is 0 Å². The van der Waals surface area contributed by atoms with Crippen molar-refractivity contribution in [2.45, 2.75) is 16.4 Å². The zero-order valence-corrected chi connectivity index (χ0v) is 12.0. The second kappa shape index (κ2) is 4.77. The summed E-state index contributed by atoms with van der Waals surface area (Å²) in [5.74, 6) is -0.805. The van der Waals surface area contributed by atoms with Crippen molar-refractivity contribution >= 4 is 41.1 Å². The molecule has 1 fully saturated rings. The Morgan fingerprint density at radius 2 is 1.95 bits per heavy atom. The van der Waals surface area contributed by atoms with Gasteiger partial charge in [-0.3, -0.25) is 0 Å². The second-order valence-electron chi connectivity index (χ2n) is 4.61. The molecule has 2 atom stereocenters. The largest absolute Gasteiger partial charge is 0.417 e. The van der Waals surface area contributed by atoms with E-state index in [1.54, 1.807) is 0 Å². The molecule has 2 unspecified atom stereocenters. The summed E-state index contributed by atoms with van der Waals surface area (Å²) in [6.07, 6.45) is -4.15. The number of carbonyl (C=O) groups is 1. The van der Waals surface area contributed by atoms with Gasteiger partial charge in [-0.15, -0.1) is 0 Å². The van der Waals surface area contributed by atoms with Gasteiger partial charge in [0.15, 0.2) is 0 Å². The number of halogens is 6. The molecule has 1 aromatic rings. The van der Waals surface area contributed by atoms with Crippen LogP contribution < -0.4 is 0 Å². The Labute approximate surface area is 127 Å². The molecule has 0 spiro atoms. The highest BCUT2D eigenvalue weighted by atomic mass is 35.5. The van der Waals surface area contributed by atoms with Crippen LogP contribution in [-0.2, 0) is 11.0 Å². The third-order valence-electron chi connectivity index (χ3n) is 3.52. The lowest BCUT2D eigenvalue weighted by atomic mass is 10.0. The third-order valence-corrected chi connectivity index (χ3v) is 4.97. The predicted octanol–water partition coefficient (Wildman–Crippen LogP) is 3.81. The number of carbonyl (C=O) groups excluding carboxylic acids is 1. The van der Waals surface area contributed by atoms with Gasteiger partial charge in [0.05, 0.1) is 22.6 Å². The molecule has 2 rings (SSSR count). The Hall–Kier alpha value is -0.490. The van der Waals surface area contributed by atoms with Crippen molar-refractivity contribution in [3.05, 3.63) is 34.3 Å². The summed E-state index contributed by atoms with van der Waals surface area (Å²) >= 11 is 17.5. The van der Waals surface area contributed by atoms with E-state index in [1.165, 1.54) is 0 Å². The lowest BCUT2D eigenvalue weighted by Gasteiger charge is -2.11. The average Bonchev–Trinajstić information content (AvgIpc) is 2.84. The van der Waals surface area contributed by atoms with Crippen molar-refractivity contribution in [1.82, 2.24) is 0 Å². The van der Waals surface area contributed by atoms with Crippen LogP contribution in [0.4, 0.5) is 13.2 Å². The Balaban J connectivity index is 2.43. The van der Waals surface area contributed by atoms with Crippen molar-refractivity contribution in [1.29, 1.82) is 0 Å². The number of aliphatic hydroxyl groups is 1. The molecule has 8 heteroatoms. The van der Waals surface area contributed by atoms with Crippen LogP contribution in [-0.4, -0.2) is 22.3 Å². The Bertz CT molecular complexity index is 559. The molecule has 0 aliphatic heterocycles. The minimum Gasteiger partial charge on any atom is -0.395 e. The van der Waals surface area contributed by atoms with Crippen molar-refractivity contribution < 1.29 is 23.1 Å². The molecule has 0 radical (unpaired) electrons. The molecule has 0 heterocycles. The fraction of sp³-hybridized carbons (Fsp3) is 0.417. The van der Waals surface area contributed by atoms with Crippen molar-refractivity contribution in [3.8, 4) is 0 Å². The number of aldehydes is 1. The fourth-order valence-electron chi connectivity index (χ4n) is 2.30. The topological polar surface area (TPSA) is 37.3 Å². The molecule has 1 aliphatic rings. The highest BCUT2D eigenvalue weighted by Crippen LogP contribution is 2.72. The van der Waals surface area contributed by atoms with Gasteiger partial charge in [-0.2, -0.15) is 13.2 Å². The van der Waals surface area contributed by atoms with Gasteiger partial charge in [0, 0.05) is 5.92 Å². The van der Waals surface area contributed by atoms with Crippen LogP contribution in [0, 0.1) is 5.41 Å². The number of benzene rings is 1. The van der Waals surface area contributed by atoms with Gasteiger partial charge in [-0.05, 0) is 17.7 Å². The Morgan fingerprint density at radius 3 is 2.30 bits per heavy atom. The standard InChI is InChI=1S/C12H8Cl3F3O2/c13-8-3-6(1-2-7(8)12(16,17)18)9-10(4-19,5-20)11(9,14)15/h1-4,9,20H,5H2. The van der Waals surface area contributed by atoms with Crippen LogP contribution in [0.3, 0.4) is 0 Å². The van der Waals surface area contributed by atoms with Gasteiger partial charge in [-0.25, -0.2) is 0 Å². The number of hydrogen-bond acceptors (Lipinski definition) is 2. The second-order valence-corrected chi connectivity index (χ2v) is 6.40. The van der Waals surface area contributed by atoms with Crippen LogP contribution in [0.15, 0.2) is 18.2 Å². The van der Waals surface area contributed by atoms with Gasteiger partial charge in [-0.1, -0.05) is 40.9 Å². The molecule has 110 valence electrons. The highest BCUT2D eigenvalue weighted by molar-refractivity contribution is 6.54. The van der Waals surface area contributed by atoms with E-state index < -0.39 is 39.0 Å². The van der Waals surface area contributed by atoms with E-state index in [1.807, 2.05) is 0 Å². The summed E-state index contributed by atoms with van der Waals surface area (Å²) in [4.78, 5) is 11.1.